The van der Waals surface area contributed by atoms with Crippen LogP contribution >= 0.6 is 0 Å². The summed E-state index contributed by atoms with van der Waals surface area (Å²) in [6.45, 7) is 9.35. The van der Waals surface area contributed by atoms with Gasteiger partial charge >= 0.3 is 0 Å². The van der Waals surface area contributed by atoms with Crippen molar-refractivity contribution in [1.82, 2.24) is 0 Å². The van der Waals surface area contributed by atoms with E-state index >= 15 is 0 Å². The molecule has 0 radical (unpaired) electrons. The van der Waals surface area contributed by atoms with Crippen molar-refractivity contribution in [2.45, 2.75) is 82.8 Å². The lowest BCUT2D eigenvalue weighted by Gasteiger charge is -2.53. The van der Waals surface area contributed by atoms with Crippen molar-refractivity contribution in [3.05, 3.63) is 88.0 Å². The number of allylic oxidation sites excluding steroid dienone is 1. The summed E-state index contributed by atoms with van der Waals surface area (Å²) in [5.74, 6) is 7.22. The highest BCUT2D eigenvalue weighted by Crippen LogP contribution is 2.64. The molecule has 2 saturated carbocycles. The fourth-order valence-corrected chi connectivity index (χ4v) is 7.75. The maximum Gasteiger partial charge on any atom is 0.156 e. The van der Waals surface area contributed by atoms with Crippen LogP contribution in [-0.2, 0) is 14.9 Å². The van der Waals surface area contributed by atoms with Gasteiger partial charge in [-0.2, -0.15) is 0 Å². The number of anilines is 1. The Morgan fingerprint density at radius 1 is 1.02 bits per heavy atom. The monoisotopic (exact) mass is 549 g/mol. The number of ketones is 1. The first kappa shape index (κ1) is 28.0. The van der Waals surface area contributed by atoms with Crippen LogP contribution in [0.1, 0.15) is 82.4 Å². The van der Waals surface area contributed by atoms with Crippen LogP contribution in [0, 0.1) is 23.2 Å². The number of benzene rings is 2. The van der Waals surface area contributed by atoms with Gasteiger partial charge < -0.3 is 14.7 Å². The van der Waals surface area contributed by atoms with Crippen LogP contribution in [0.5, 0.6) is 0 Å². The Morgan fingerprint density at radius 3 is 2.39 bits per heavy atom. The molecule has 0 saturated heterocycles. The fourth-order valence-electron chi connectivity index (χ4n) is 7.75. The molecule has 4 nitrogen and oxygen atoms in total. The third-order valence-electron chi connectivity index (χ3n) is 10.3. The minimum Gasteiger partial charge on any atom is -0.378 e. The Labute approximate surface area is 245 Å². The van der Waals surface area contributed by atoms with Crippen molar-refractivity contribution in [2.75, 3.05) is 25.6 Å². The molecule has 3 aliphatic carbocycles. The second-order valence-electron chi connectivity index (χ2n) is 14.0. The number of fused-ring (bicyclic) bond motifs is 4. The van der Waals surface area contributed by atoms with Gasteiger partial charge in [-0.25, -0.2) is 0 Å². The summed E-state index contributed by atoms with van der Waals surface area (Å²) in [5.41, 5.74) is 6.87. The van der Waals surface area contributed by atoms with E-state index in [2.05, 4.69) is 107 Å². The zero-order valence-electron chi connectivity index (χ0n) is 25.4. The van der Waals surface area contributed by atoms with Gasteiger partial charge in [0.05, 0.1) is 12.7 Å². The molecular formula is C37H43NO3. The lowest BCUT2D eigenvalue weighted by Crippen LogP contribution is -2.53. The topological polar surface area (TPSA) is 49.8 Å². The Hall–Kier alpha value is -3.13. The van der Waals surface area contributed by atoms with Gasteiger partial charge in [-0.05, 0) is 95.2 Å². The van der Waals surface area contributed by atoms with E-state index in [1.54, 1.807) is 0 Å². The molecule has 0 spiro atoms. The van der Waals surface area contributed by atoms with Gasteiger partial charge in [0.2, 0.25) is 0 Å². The third kappa shape index (κ3) is 4.78. The molecule has 2 aromatic carbocycles. The SMILES string of the molecule is CN(C)c1ccc(C2CC3(C)C(CCC3(O)C#Cc3ccc(C(C)(C)C)cc3)C3OCC4=CC(=O)CCC4=C23)cc1. The van der Waals surface area contributed by atoms with E-state index in [9.17, 15) is 9.90 Å². The molecule has 6 rings (SSSR count). The summed E-state index contributed by atoms with van der Waals surface area (Å²) in [6.07, 6.45) is 5.38. The average Bonchev–Trinajstić information content (AvgIpc) is 3.21. The van der Waals surface area contributed by atoms with E-state index in [-0.39, 0.29) is 29.1 Å². The van der Waals surface area contributed by atoms with E-state index in [0.29, 0.717) is 19.4 Å². The zero-order chi connectivity index (χ0) is 29.2. The molecule has 214 valence electrons. The molecule has 1 aliphatic heterocycles. The number of carbonyl (C=O) groups is 1. The summed E-state index contributed by atoms with van der Waals surface area (Å²) in [7, 11) is 4.11. The fraction of sp³-hybridized carbons (Fsp3) is 0.486. The maximum absolute atomic E-state index is 12.3. The quantitative estimate of drug-likeness (QED) is 0.423. The molecule has 41 heavy (non-hydrogen) atoms. The molecule has 2 fully saturated rings. The van der Waals surface area contributed by atoms with Gasteiger partial charge in [0, 0.05) is 43.1 Å². The normalized spacial score (nSPS) is 31.0. The first-order chi connectivity index (χ1) is 19.4. The number of hydrogen-bond acceptors (Lipinski definition) is 4. The molecule has 1 heterocycles. The number of nitrogens with zero attached hydrogens (tertiary/aromatic N) is 1. The summed E-state index contributed by atoms with van der Waals surface area (Å²) in [6, 6.07) is 17.3. The van der Waals surface area contributed by atoms with E-state index < -0.39 is 11.0 Å². The Bertz CT molecular complexity index is 1480. The standard InChI is InChI=1S/C37H43NO3/c1-35(2,3)27-11-7-24(8-12-27)17-19-37(40)20-18-32-34-33(30-16-15-29(39)21-26(30)23-41-34)31(22-36(32,37)4)25-9-13-28(14-10-25)38(5)6/h7-14,21,31-32,34,40H,15-16,18,20,22-23H2,1-6H3. The highest BCUT2D eigenvalue weighted by Gasteiger charge is 2.63. The summed E-state index contributed by atoms with van der Waals surface area (Å²) >= 11 is 0. The number of ether oxygens (including phenoxy) is 1. The van der Waals surface area contributed by atoms with E-state index in [4.69, 9.17) is 4.74 Å². The summed E-state index contributed by atoms with van der Waals surface area (Å²) in [5, 5.41) is 12.3. The highest BCUT2D eigenvalue weighted by molar-refractivity contribution is 5.93. The van der Waals surface area contributed by atoms with Crippen LogP contribution in [0.4, 0.5) is 5.69 Å². The molecular weight excluding hydrogens is 506 g/mol. The predicted molar refractivity (Wildman–Crippen MR) is 165 cm³/mol. The van der Waals surface area contributed by atoms with Gasteiger partial charge in [0.1, 0.15) is 5.60 Å². The van der Waals surface area contributed by atoms with Crippen LogP contribution in [0.25, 0.3) is 0 Å². The summed E-state index contributed by atoms with van der Waals surface area (Å²) < 4.78 is 6.65. The first-order valence-electron chi connectivity index (χ1n) is 15.1. The highest BCUT2D eigenvalue weighted by atomic mass is 16.5. The Morgan fingerprint density at radius 2 is 1.73 bits per heavy atom. The van der Waals surface area contributed by atoms with Gasteiger partial charge in [0.25, 0.3) is 0 Å². The van der Waals surface area contributed by atoms with Gasteiger partial charge in [-0.15, -0.1) is 0 Å². The number of carbonyl (C=O) groups excluding carboxylic acids is 1. The largest absolute Gasteiger partial charge is 0.378 e. The van der Waals surface area contributed by atoms with Gasteiger partial charge in [-0.3, -0.25) is 4.79 Å². The van der Waals surface area contributed by atoms with Crippen LogP contribution in [0.2, 0.25) is 0 Å². The first-order valence-corrected chi connectivity index (χ1v) is 15.1. The Balaban J connectivity index is 1.41. The molecule has 4 aliphatic rings. The summed E-state index contributed by atoms with van der Waals surface area (Å²) in [4.78, 5) is 14.4. The minimum atomic E-state index is -1.11. The lowest BCUT2D eigenvalue weighted by atomic mass is 9.55. The minimum absolute atomic E-state index is 0.0745. The molecule has 0 bridgehead atoms. The zero-order valence-corrected chi connectivity index (χ0v) is 25.4. The van der Waals surface area contributed by atoms with Crippen molar-refractivity contribution in [1.29, 1.82) is 0 Å². The molecule has 5 atom stereocenters. The van der Waals surface area contributed by atoms with Gasteiger partial charge in [-0.1, -0.05) is 63.8 Å². The molecule has 0 amide bonds. The van der Waals surface area contributed by atoms with E-state index in [1.165, 1.54) is 22.3 Å². The average molecular weight is 550 g/mol. The van der Waals surface area contributed by atoms with Crippen LogP contribution in [0.15, 0.2) is 71.3 Å². The third-order valence-corrected chi connectivity index (χ3v) is 10.3. The van der Waals surface area contributed by atoms with Crippen LogP contribution < -0.4 is 4.90 Å². The van der Waals surface area contributed by atoms with Crippen molar-refractivity contribution >= 4 is 11.5 Å². The van der Waals surface area contributed by atoms with Crippen molar-refractivity contribution in [3.8, 4) is 11.8 Å². The van der Waals surface area contributed by atoms with Crippen molar-refractivity contribution < 1.29 is 14.6 Å². The molecule has 2 aromatic rings. The molecule has 1 N–H and O–H groups in total. The second kappa shape index (κ2) is 10.0. The number of aliphatic hydroxyl groups is 1. The van der Waals surface area contributed by atoms with E-state index in [0.717, 1.165) is 36.1 Å². The van der Waals surface area contributed by atoms with Crippen LogP contribution in [0.3, 0.4) is 0 Å². The smallest absolute Gasteiger partial charge is 0.156 e. The van der Waals surface area contributed by atoms with E-state index in [1.807, 2.05) is 6.08 Å². The van der Waals surface area contributed by atoms with Crippen molar-refractivity contribution in [3.63, 3.8) is 0 Å². The molecule has 4 heteroatoms. The Kier molecular flexibility index (Phi) is 6.83. The number of rotatable bonds is 2. The molecule has 5 unspecified atom stereocenters. The molecule has 0 aromatic heterocycles. The number of hydrogen-bond donors (Lipinski definition) is 1. The predicted octanol–water partition coefficient (Wildman–Crippen LogP) is 6.72. The van der Waals surface area contributed by atoms with Gasteiger partial charge in [0.15, 0.2) is 5.78 Å². The van der Waals surface area contributed by atoms with Crippen LogP contribution in [-0.4, -0.2) is 43.3 Å². The lowest BCUT2D eigenvalue weighted by molar-refractivity contribution is -0.115. The second-order valence-corrected chi connectivity index (χ2v) is 14.0. The van der Waals surface area contributed by atoms with Crippen molar-refractivity contribution in [2.24, 2.45) is 11.3 Å². The maximum atomic E-state index is 12.3.